The SMILES string of the molecule is CCOC(=O)c1cccc(N)c1N1CCC(C)C1. The van der Waals surface area contributed by atoms with E-state index >= 15 is 0 Å². The molecule has 0 aliphatic carbocycles. The molecule has 1 unspecified atom stereocenters. The highest BCUT2D eigenvalue weighted by Gasteiger charge is 2.25. The molecule has 18 heavy (non-hydrogen) atoms. The number of ether oxygens (including phenoxy) is 1. The Morgan fingerprint density at radius 2 is 2.33 bits per heavy atom. The summed E-state index contributed by atoms with van der Waals surface area (Å²) in [6.07, 6.45) is 1.14. The van der Waals surface area contributed by atoms with E-state index in [1.807, 2.05) is 13.0 Å². The summed E-state index contributed by atoms with van der Waals surface area (Å²) >= 11 is 0. The van der Waals surface area contributed by atoms with Crippen LogP contribution in [0.25, 0.3) is 0 Å². The quantitative estimate of drug-likeness (QED) is 0.658. The minimum atomic E-state index is -0.292. The fraction of sp³-hybridized carbons (Fsp3) is 0.500. The zero-order chi connectivity index (χ0) is 13.1. The summed E-state index contributed by atoms with van der Waals surface area (Å²) in [5.74, 6) is 0.346. The largest absolute Gasteiger partial charge is 0.462 e. The van der Waals surface area contributed by atoms with Crippen molar-refractivity contribution < 1.29 is 9.53 Å². The van der Waals surface area contributed by atoms with Crippen molar-refractivity contribution in [1.29, 1.82) is 0 Å². The zero-order valence-corrected chi connectivity index (χ0v) is 11.0. The molecule has 0 aromatic heterocycles. The number of carbonyl (C=O) groups excluding carboxylic acids is 1. The molecule has 1 atom stereocenters. The lowest BCUT2D eigenvalue weighted by Gasteiger charge is -2.22. The lowest BCUT2D eigenvalue weighted by atomic mass is 10.1. The summed E-state index contributed by atoms with van der Waals surface area (Å²) in [4.78, 5) is 14.1. The molecule has 1 heterocycles. The van der Waals surface area contributed by atoms with Crippen LogP contribution in [0.15, 0.2) is 18.2 Å². The van der Waals surface area contributed by atoms with Gasteiger partial charge in [-0.2, -0.15) is 0 Å². The first-order chi connectivity index (χ1) is 8.63. The number of nitrogen functional groups attached to an aromatic ring is 1. The number of hydrogen-bond donors (Lipinski definition) is 1. The molecule has 0 radical (unpaired) electrons. The van der Waals surface area contributed by atoms with Gasteiger partial charge in [-0.05, 0) is 31.4 Å². The Morgan fingerprint density at radius 3 is 2.94 bits per heavy atom. The summed E-state index contributed by atoms with van der Waals surface area (Å²) in [5, 5.41) is 0. The van der Waals surface area contributed by atoms with E-state index < -0.39 is 0 Å². The van der Waals surface area contributed by atoms with Gasteiger partial charge in [0.2, 0.25) is 0 Å². The molecule has 0 spiro atoms. The molecule has 1 aromatic rings. The van der Waals surface area contributed by atoms with Crippen LogP contribution in [-0.4, -0.2) is 25.7 Å². The highest BCUT2D eigenvalue weighted by molar-refractivity contribution is 5.99. The number of esters is 1. The van der Waals surface area contributed by atoms with Crippen molar-refractivity contribution in [2.24, 2.45) is 5.92 Å². The molecule has 1 aliphatic heterocycles. The number of hydrogen-bond acceptors (Lipinski definition) is 4. The van der Waals surface area contributed by atoms with Crippen LogP contribution in [0.4, 0.5) is 11.4 Å². The molecule has 2 N–H and O–H groups in total. The minimum Gasteiger partial charge on any atom is -0.462 e. The Labute approximate surface area is 108 Å². The van der Waals surface area contributed by atoms with Crippen molar-refractivity contribution in [3.05, 3.63) is 23.8 Å². The first-order valence-corrected chi connectivity index (χ1v) is 6.44. The Morgan fingerprint density at radius 1 is 1.56 bits per heavy atom. The van der Waals surface area contributed by atoms with Gasteiger partial charge in [0, 0.05) is 13.1 Å². The summed E-state index contributed by atoms with van der Waals surface area (Å²) in [5.41, 5.74) is 8.09. The topological polar surface area (TPSA) is 55.6 Å². The van der Waals surface area contributed by atoms with E-state index in [0.717, 1.165) is 25.2 Å². The van der Waals surface area contributed by atoms with Crippen LogP contribution in [0.2, 0.25) is 0 Å². The summed E-state index contributed by atoms with van der Waals surface area (Å²) in [6.45, 7) is 6.29. The zero-order valence-electron chi connectivity index (χ0n) is 11.0. The number of anilines is 2. The van der Waals surface area contributed by atoms with Crippen molar-refractivity contribution in [1.82, 2.24) is 0 Å². The van der Waals surface area contributed by atoms with Crippen LogP contribution < -0.4 is 10.6 Å². The Balaban J connectivity index is 2.35. The molecule has 4 heteroatoms. The molecule has 0 bridgehead atoms. The predicted molar refractivity (Wildman–Crippen MR) is 72.8 cm³/mol. The van der Waals surface area contributed by atoms with Gasteiger partial charge in [0.15, 0.2) is 0 Å². The Kier molecular flexibility index (Phi) is 3.75. The number of benzene rings is 1. The number of carbonyl (C=O) groups is 1. The fourth-order valence-corrected chi connectivity index (χ4v) is 2.43. The minimum absolute atomic E-state index is 0.292. The maximum atomic E-state index is 12.0. The maximum Gasteiger partial charge on any atom is 0.340 e. The van der Waals surface area contributed by atoms with E-state index in [-0.39, 0.29) is 5.97 Å². The lowest BCUT2D eigenvalue weighted by molar-refractivity contribution is 0.0527. The molecule has 1 fully saturated rings. The molecular formula is C14H20N2O2. The Hall–Kier alpha value is -1.71. The Bertz CT molecular complexity index is 445. The number of rotatable bonds is 3. The third kappa shape index (κ3) is 2.42. The molecule has 0 saturated carbocycles. The van der Waals surface area contributed by atoms with Gasteiger partial charge in [-0.3, -0.25) is 0 Å². The second kappa shape index (κ2) is 5.29. The third-order valence-electron chi connectivity index (χ3n) is 3.30. The molecule has 1 aliphatic rings. The van der Waals surface area contributed by atoms with Crippen LogP contribution >= 0.6 is 0 Å². The maximum absolute atomic E-state index is 12.0. The number of para-hydroxylation sites is 1. The highest BCUT2D eigenvalue weighted by Crippen LogP contribution is 2.32. The van der Waals surface area contributed by atoms with E-state index in [2.05, 4.69) is 11.8 Å². The van der Waals surface area contributed by atoms with Crippen LogP contribution in [0.5, 0.6) is 0 Å². The van der Waals surface area contributed by atoms with Gasteiger partial charge >= 0.3 is 5.97 Å². The molecule has 1 aromatic carbocycles. The second-order valence-corrected chi connectivity index (χ2v) is 4.80. The van der Waals surface area contributed by atoms with Crippen molar-refractivity contribution >= 4 is 17.3 Å². The first kappa shape index (κ1) is 12.7. The first-order valence-electron chi connectivity index (χ1n) is 6.44. The lowest BCUT2D eigenvalue weighted by Crippen LogP contribution is -2.23. The van der Waals surface area contributed by atoms with E-state index in [0.29, 0.717) is 23.8 Å². The van der Waals surface area contributed by atoms with Gasteiger partial charge in [0.1, 0.15) is 0 Å². The normalized spacial score (nSPS) is 19.0. The van der Waals surface area contributed by atoms with Crippen LogP contribution in [0, 0.1) is 5.92 Å². The molecular weight excluding hydrogens is 228 g/mol. The van der Waals surface area contributed by atoms with Gasteiger partial charge < -0.3 is 15.4 Å². The molecule has 98 valence electrons. The summed E-state index contributed by atoms with van der Waals surface area (Å²) in [6, 6.07) is 5.41. The van der Waals surface area contributed by atoms with Gasteiger partial charge in [-0.15, -0.1) is 0 Å². The van der Waals surface area contributed by atoms with Gasteiger partial charge in [0.05, 0.1) is 23.5 Å². The van der Waals surface area contributed by atoms with Crippen molar-refractivity contribution in [2.75, 3.05) is 30.3 Å². The van der Waals surface area contributed by atoms with Gasteiger partial charge in [-0.1, -0.05) is 13.0 Å². The molecule has 4 nitrogen and oxygen atoms in total. The molecule has 0 amide bonds. The van der Waals surface area contributed by atoms with Crippen LogP contribution in [-0.2, 0) is 4.74 Å². The monoisotopic (exact) mass is 248 g/mol. The van der Waals surface area contributed by atoms with E-state index in [1.165, 1.54) is 0 Å². The highest BCUT2D eigenvalue weighted by atomic mass is 16.5. The fourth-order valence-electron chi connectivity index (χ4n) is 2.43. The summed E-state index contributed by atoms with van der Waals surface area (Å²) < 4.78 is 5.09. The van der Waals surface area contributed by atoms with Crippen molar-refractivity contribution in [3.63, 3.8) is 0 Å². The smallest absolute Gasteiger partial charge is 0.340 e. The predicted octanol–water partition coefficient (Wildman–Crippen LogP) is 2.29. The summed E-state index contributed by atoms with van der Waals surface area (Å²) in [7, 11) is 0. The van der Waals surface area contributed by atoms with Crippen LogP contribution in [0.3, 0.4) is 0 Å². The van der Waals surface area contributed by atoms with E-state index in [4.69, 9.17) is 10.5 Å². The van der Waals surface area contributed by atoms with E-state index in [1.54, 1.807) is 12.1 Å². The third-order valence-corrected chi connectivity index (χ3v) is 3.30. The van der Waals surface area contributed by atoms with Gasteiger partial charge in [-0.25, -0.2) is 4.79 Å². The average Bonchev–Trinajstić information content (AvgIpc) is 2.75. The molecule has 2 rings (SSSR count). The van der Waals surface area contributed by atoms with Gasteiger partial charge in [0.25, 0.3) is 0 Å². The van der Waals surface area contributed by atoms with Crippen molar-refractivity contribution in [2.45, 2.75) is 20.3 Å². The van der Waals surface area contributed by atoms with Crippen molar-refractivity contribution in [3.8, 4) is 0 Å². The number of nitrogens with zero attached hydrogens (tertiary/aromatic N) is 1. The van der Waals surface area contributed by atoms with Crippen LogP contribution in [0.1, 0.15) is 30.6 Å². The standard InChI is InChI=1S/C14H20N2O2/c1-3-18-14(17)11-5-4-6-12(15)13(11)16-8-7-10(2)9-16/h4-6,10H,3,7-9,15H2,1-2H3. The van der Waals surface area contributed by atoms with E-state index in [9.17, 15) is 4.79 Å². The second-order valence-electron chi connectivity index (χ2n) is 4.80. The number of nitrogens with two attached hydrogens (primary N) is 1. The molecule has 1 saturated heterocycles. The average molecular weight is 248 g/mol.